The molecule has 1 fully saturated rings. The summed E-state index contributed by atoms with van der Waals surface area (Å²) in [5.41, 5.74) is 1.81. The molecule has 0 amide bonds. The second kappa shape index (κ2) is 6.24. The number of benzene rings is 1. The molecule has 2 rings (SSSR count). The van der Waals surface area contributed by atoms with Crippen molar-refractivity contribution in [2.45, 2.75) is 39.0 Å². The molecule has 0 heterocycles. The average Bonchev–Trinajstić information content (AvgIpc) is 2.86. The molecule has 100 valence electrons. The Labute approximate surface area is 111 Å². The van der Waals surface area contributed by atoms with Crippen molar-refractivity contribution in [2.75, 3.05) is 20.2 Å². The van der Waals surface area contributed by atoms with E-state index in [2.05, 4.69) is 30.4 Å². The van der Waals surface area contributed by atoms with E-state index in [9.17, 15) is 0 Å². The minimum Gasteiger partial charge on any atom is -0.496 e. The first-order chi connectivity index (χ1) is 8.79. The smallest absolute Gasteiger partial charge is 0.122 e. The van der Waals surface area contributed by atoms with E-state index in [0.29, 0.717) is 5.41 Å². The van der Waals surface area contributed by atoms with E-state index < -0.39 is 0 Å². The average molecular weight is 247 g/mol. The highest BCUT2D eigenvalue weighted by Crippen LogP contribution is 2.41. The number of ether oxygens (including phenoxy) is 1. The Morgan fingerprint density at radius 2 is 1.94 bits per heavy atom. The van der Waals surface area contributed by atoms with Gasteiger partial charge in [0, 0.05) is 6.54 Å². The van der Waals surface area contributed by atoms with E-state index in [1.54, 1.807) is 7.11 Å². The normalized spacial score (nSPS) is 17.9. The summed E-state index contributed by atoms with van der Waals surface area (Å²) in [4.78, 5) is 0. The van der Waals surface area contributed by atoms with Crippen LogP contribution in [0.3, 0.4) is 0 Å². The fourth-order valence-electron chi connectivity index (χ4n) is 3.18. The van der Waals surface area contributed by atoms with Gasteiger partial charge in [0.05, 0.1) is 7.11 Å². The lowest BCUT2D eigenvalue weighted by Crippen LogP contribution is -2.34. The molecule has 0 saturated heterocycles. The summed E-state index contributed by atoms with van der Waals surface area (Å²) in [6.07, 6.45) is 6.58. The lowest BCUT2D eigenvalue weighted by molar-refractivity contribution is 0.275. The van der Waals surface area contributed by atoms with Crippen LogP contribution in [-0.4, -0.2) is 20.2 Å². The zero-order chi connectivity index (χ0) is 12.8. The fraction of sp³-hybridized carbons (Fsp3) is 0.625. The second-order valence-electron chi connectivity index (χ2n) is 5.48. The molecule has 1 N–H and O–H groups in total. The Balaban J connectivity index is 2.13. The maximum Gasteiger partial charge on any atom is 0.122 e. The van der Waals surface area contributed by atoms with Crippen molar-refractivity contribution in [1.29, 1.82) is 0 Å². The van der Waals surface area contributed by atoms with Crippen LogP contribution in [0.15, 0.2) is 24.3 Å². The van der Waals surface area contributed by atoms with E-state index in [-0.39, 0.29) is 0 Å². The molecule has 1 aliphatic rings. The van der Waals surface area contributed by atoms with Gasteiger partial charge in [-0.15, -0.1) is 0 Å². The number of para-hydroxylation sites is 1. The van der Waals surface area contributed by atoms with Crippen molar-refractivity contribution in [1.82, 2.24) is 5.32 Å². The van der Waals surface area contributed by atoms with Gasteiger partial charge in [-0.05, 0) is 42.9 Å². The quantitative estimate of drug-likeness (QED) is 0.832. The third-order valence-electron chi connectivity index (χ3n) is 4.17. The highest BCUT2D eigenvalue weighted by Gasteiger charge is 2.34. The summed E-state index contributed by atoms with van der Waals surface area (Å²) in [6.45, 7) is 4.39. The first-order valence-corrected chi connectivity index (χ1v) is 7.12. The zero-order valence-corrected chi connectivity index (χ0v) is 11.7. The molecule has 1 aromatic rings. The maximum absolute atomic E-state index is 5.48. The second-order valence-corrected chi connectivity index (χ2v) is 5.48. The summed E-state index contributed by atoms with van der Waals surface area (Å²) in [5, 5.41) is 3.55. The molecule has 0 spiro atoms. The lowest BCUT2D eigenvalue weighted by Gasteiger charge is -2.30. The van der Waals surface area contributed by atoms with Gasteiger partial charge in [-0.2, -0.15) is 0 Å². The molecule has 1 aromatic carbocycles. The number of methoxy groups -OCH3 is 1. The SMILES string of the molecule is CCNCC1(Cc2ccccc2OC)CCCC1. The zero-order valence-electron chi connectivity index (χ0n) is 11.7. The van der Waals surface area contributed by atoms with E-state index in [0.717, 1.165) is 25.3 Å². The third kappa shape index (κ3) is 3.05. The topological polar surface area (TPSA) is 21.3 Å². The van der Waals surface area contributed by atoms with Crippen LogP contribution in [0.1, 0.15) is 38.2 Å². The van der Waals surface area contributed by atoms with Crippen LogP contribution < -0.4 is 10.1 Å². The largest absolute Gasteiger partial charge is 0.496 e. The summed E-state index contributed by atoms with van der Waals surface area (Å²) in [7, 11) is 1.77. The molecule has 0 aromatic heterocycles. The molecule has 0 bridgehead atoms. The van der Waals surface area contributed by atoms with Gasteiger partial charge in [0.2, 0.25) is 0 Å². The van der Waals surface area contributed by atoms with Gasteiger partial charge in [0.25, 0.3) is 0 Å². The van der Waals surface area contributed by atoms with Crippen LogP contribution in [0.4, 0.5) is 0 Å². The van der Waals surface area contributed by atoms with Crippen molar-refractivity contribution < 1.29 is 4.74 Å². The van der Waals surface area contributed by atoms with Gasteiger partial charge in [0.1, 0.15) is 5.75 Å². The summed E-state index contributed by atoms with van der Waals surface area (Å²) < 4.78 is 5.48. The minimum atomic E-state index is 0.449. The molecule has 0 atom stereocenters. The van der Waals surface area contributed by atoms with E-state index in [4.69, 9.17) is 4.74 Å². The molecule has 18 heavy (non-hydrogen) atoms. The Morgan fingerprint density at radius 3 is 2.61 bits per heavy atom. The Morgan fingerprint density at radius 1 is 1.22 bits per heavy atom. The van der Waals surface area contributed by atoms with Crippen molar-refractivity contribution in [3.05, 3.63) is 29.8 Å². The Hall–Kier alpha value is -1.02. The summed E-state index contributed by atoms with van der Waals surface area (Å²) in [5.74, 6) is 1.04. The highest BCUT2D eigenvalue weighted by atomic mass is 16.5. The van der Waals surface area contributed by atoms with E-state index >= 15 is 0 Å². The monoisotopic (exact) mass is 247 g/mol. The fourth-order valence-corrected chi connectivity index (χ4v) is 3.18. The number of hydrogen-bond acceptors (Lipinski definition) is 2. The van der Waals surface area contributed by atoms with Gasteiger partial charge in [0.15, 0.2) is 0 Å². The van der Waals surface area contributed by atoms with Crippen LogP contribution in [0.5, 0.6) is 5.75 Å². The third-order valence-corrected chi connectivity index (χ3v) is 4.17. The van der Waals surface area contributed by atoms with Crippen LogP contribution in [0.2, 0.25) is 0 Å². The van der Waals surface area contributed by atoms with Crippen molar-refractivity contribution in [3.63, 3.8) is 0 Å². The summed E-state index contributed by atoms with van der Waals surface area (Å²) >= 11 is 0. The van der Waals surface area contributed by atoms with Crippen molar-refractivity contribution in [3.8, 4) is 5.75 Å². The molecule has 2 heteroatoms. The lowest BCUT2D eigenvalue weighted by atomic mass is 9.79. The Bertz CT molecular complexity index is 369. The molecule has 1 saturated carbocycles. The van der Waals surface area contributed by atoms with Crippen LogP contribution in [0.25, 0.3) is 0 Å². The van der Waals surface area contributed by atoms with E-state index in [1.807, 2.05) is 6.07 Å². The van der Waals surface area contributed by atoms with Gasteiger partial charge < -0.3 is 10.1 Å². The van der Waals surface area contributed by atoms with Gasteiger partial charge in [-0.1, -0.05) is 38.0 Å². The van der Waals surface area contributed by atoms with Crippen LogP contribution in [-0.2, 0) is 6.42 Å². The maximum atomic E-state index is 5.48. The van der Waals surface area contributed by atoms with E-state index in [1.165, 1.54) is 31.2 Å². The molecular formula is C16H25NO. The predicted octanol–water partition coefficient (Wildman–Crippen LogP) is 3.41. The number of nitrogens with one attached hydrogen (secondary N) is 1. The molecule has 1 aliphatic carbocycles. The highest BCUT2D eigenvalue weighted by molar-refractivity contribution is 5.34. The number of rotatable bonds is 6. The molecule has 0 radical (unpaired) electrons. The number of hydrogen-bond donors (Lipinski definition) is 1. The first kappa shape index (κ1) is 13.4. The minimum absolute atomic E-state index is 0.449. The molecule has 0 aliphatic heterocycles. The van der Waals surface area contributed by atoms with Crippen LogP contribution >= 0.6 is 0 Å². The van der Waals surface area contributed by atoms with Crippen molar-refractivity contribution in [2.24, 2.45) is 5.41 Å². The molecular weight excluding hydrogens is 222 g/mol. The predicted molar refractivity (Wildman–Crippen MR) is 76.1 cm³/mol. The summed E-state index contributed by atoms with van der Waals surface area (Å²) in [6, 6.07) is 8.46. The van der Waals surface area contributed by atoms with Crippen molar-refractivity contribution >= 4 is 0 Å². The van der Waals surface area contributed by atoms with Crippen LogP contribution in [0, 0.1) is 5.41 Å². The van der Waals surface area contributed by atoms with Gasteiger partial charge in [-0.25, -0.2) is 0 Å². The molecule has 2 nitrogen and oxygen atoms in total. The standard InChI is InChI=1S/C16H25NO/c1-3-17-13-16(10-6-7-11-16)12-14-8-4-5-9-15(14)18-2/h4-5,8-9,17H,3,6-7,10-13H2,1-2H3. The first-order valence-electron chi connectivity index (χ1n) is 7.12. The molecule has 0 unspecified atom stereocenters. The van der Waals surface area contributed by atoms with Gasteiger partial charge >= 0.3 is 0 Å². The van der Waals surface area contributed by atoms with Gasteiger partial charge in [-0.3, -0.25) is 0 Å². The Kier molecular flexibility index (Phi) is 4.65.